The van der Waals surface area contributed by atoms with Crippen LogP contribution in [0.3, 0.4) is 0 Å². The molecule has 0 bridgehead atoms. The van der Waals surface area contributed by atoms with Crippen LogP contribution in [-0.2, 0) is 35.0 Å². The van der Waals surface area contributed by atoms with Gasteiger partial charge in [-0.25, -0.2) is 4.79 Å². The van der Waals surface area contributed by atoms with Crippen LogP contribution in [0.5, 0.6) is 28.7 Å². The van der Waals surface area contributed by atoms with Gasteiger partial charge in [-0.15, -0.1) is 0 Å². The van der Waals surface area contributed by atoms with Crippen molar-refractivity contribution in [2.24, 2.45) is 5.73 Å². The molecule has 17 heteroatoms. The molecule has 0 amide bonds. The van der Waals surface area contributed by atoms with Gasteiger partial charge in [-0.2, -0.15) is 0 Å². The summed E-state index contributed by atoms with van der Waals surface area (Å²) in [7, 11) is 1.30. The van der Waals surface area contributed by atoms with E-state index in [1.807, 2.05) is 13.8 Å². The fourth-order valence-corrected chi connectivity index (χ4v) is 7.74. The zero-order valence-electron chi connectivity index (χ0n) is 34.2. The molecule has 61 heavy (non-hydrogen) atoms. The molecule has 6 N–H and O–H groups in total. The molecule has 1 fully saturated rings. The maximum Gasteiger partial charge on any atom is 0.338 e. The van der Waals surface area contributed by atoms with Crippen molar-refractivity contribution in [1.82, 2.24) is 0 Å². The zero-order chi connectivity index (χ0) is 44.3. The van der Waals surface area contributed by atoms with E-state index in [0.29, 0.717) is 19.3 Å². The summed E-state index contributed by atoms with van der Waals surface area (Å²) in [6.07, 6.45) is -3.34. The van der Waals surface area contributed by atoms with Crippen LogP contribution in [0.25, 0.3) is 0 Å². The van der Waals surface area contributed by atoms with E-state index in [1.165, 1.54) is 37.4 Å². The molecule has 17 nitrogen and oxygen atoms in total. The van der Waals surface area contributed by atoms with E-state index >= 15 is 0 Å². The van der Waals surface area contributed by atoms with Crippen LogP contribution >= 0.6 is 0 Å². The van der Waals surface area contributed by atoms with Crippen LogP contribution in [0.1, 0.15) is 132 Å². The molecule has 3 aromatic carbocycles. The van der Waals surface area contributed by atoms with E-state index in [0.717, 1.165) is 12.5 Å². The van der Waals surface area contributed by atoms with E-state index in [-0.39, 0.29) is 64.3 Å². The molecule has 1 heterocycles. The molecule has 0 spiro atoms. The summed E-state index contributed by atoms with van der Waals surface area (Å²) in [6, 6.07) is 7.05. The van der Waals surface area contributed by atoms with Gasteiger partial charge in [-0.3, -0.25) is 24.0 Å². The molecule has 2 aliphatic carbocycles. The number of carbonyl (C=O) groups is 6. The summed E-state index contributed by atoms with van der Waals surface area (Å²) >= 11 is 0. The Bertz CT molecular complexity index is 2240. The lowest BCUT2D eigenvalue weighted by atomic mass is 9.72. The number of ketones is 3. The number of aliphatic hydroxyl groups is 2. The number of ether oxygens (including phenoxy) is 6. The van der Waals surface area contributed by atoms with Crippen molar-refractivity contribution in [3.63, 3.8) is 0 Å². The van der Waals surface area contributed by atoms with Gasteiger partial charge in [-0.1, -0.05) is 38.8 Å². The van der Waals surface area contributed by atoms with Gasteiger partial charge >= 0.3 is 17.9 Å². The highest BCUT2D eigenvalue weighted by Crippen LogP contribution is 2.52. The Labute approximate surface area is 350 Å². The molecule has 0 saturated carbocycles. The molecule has 3 aliphatic rings. The summed E-state index contributed by atoms with van der Waals surface area (Å²) in [5, 5.41) is 46.1. The number of nitrogens with two attached hydrogens (primary N) is 1. The van der Waals surface area contributed by atoms with Gasteiger partial charge < -0.3 is 54.6 Å². The van der Waals surface area contributed by atoms with E-state index < -0.39 is 114 Å². The van der Waals surface area contributed by atoms with Gasteiger partial charge in [0, 0.05) is 54.8 Å². The molecule has 6 atom stereocenters. The fraction of sp³-hybridized carbons (Fsp3) is 0.455. The van der Waals surface area contributed by atoms with Gasteiger partial charge in [0.2, 0.25) is 11.6 Å². The Morgan fingerprint density at radius 2 is 1.54 bits per heavy atom. The lowest BCUT2D eigenvalue weighted by Crippen LogP contribution is -2.53. The summed E-state index contributed by atoms with van der Waals surface area (Å²) in [5.74, 6) is -6.90. The number of aromatic hydroxyl groups is 2. The van der Waals surface area contributed by atoms with Crippen LogP contribution in [0, 0.1) is 0 Å². The minimum Gasteiger partial charge on any atom is -0.507 e. The number of Topliss-reactive ketones (excluding diaryl/α,β-unsaturated/α-hetero) is 1. The number of hydrogen-bond donors (Lipinski definition) is 5. The minimum atomic E-state index is -2.49. The molecule has 0 unspecified atom stereocenters. The van der Waals surface area contributed by atoms with Crippen LogP contribution < -0.4 is 19.9 Å². The second-order valence-corrected chi connectivity index (χ2v) is 15.4. The Kier molecular flexibility index (Phi) is 13.6. The van der Waals surface area contributed by atoms with Gasteiger partial charge in [0.15, 0.2) is 30.2 Å². The predicted octanol–water partition coefficient (Wildman–Crippen LogP) is 4.06. The topological polar surface area (TPSA) is 265 Å². The van der Waals surface area contributed by atoms with Crippen molar-refractivity contribution >= 4 is 35.3 Å². The fourth-order valence-electron chi connectivity index (χ4n) is 7.74. The number of rotatable bonds is 15. The quantitative estimate of drug-likeness (QED) is 0.0641. The molecule has 6 rings (SSSR count). The molecular formula is C44H49NO16. The number of benzene rings is 3. The van der Waals surface area contributed by atoms with Crippen molar-refractivity contribution in [2.75, 3.05) is 13.7 Å². The number of methoxy groups -OCH3 is 1. The van der Waals surface area contributed by atoms with Crippen molar-refractivity contribution in [2.45, 2.75) is 115 Å². The third kappa shape index (κ3) is 9.02. The zero-order valence-corrected chi connectivity index (χ0v) is 34.2. The number of phenolic OH excluding ortho intramolecular Hbond substituents is 2. The average molecular weight is 848 g/mol. The first kappa shape index (κ1) is 44.8. The number of aliphatic hydroxyl groups excluding tert-OH is 1. The smallest absolute Gasteiger partial charge is 0.338 e. The Morgan fingerprint density at radius 3 is 2.18 bits per heavy atom. The van der Waals surface area contributed by atoms with Crippen LogP contribution in [0.4, 0.5) is 0 Å². The normalized spacial score (nSPS) is 23.0. The Hall–Kier alpha value is -5.72. The lowest BCUT2D eigenvalue weighted by Gasteiger charge is -2.42. The first-order chi connectivity index (χ1) is 29.0. The Balaban J connectivity index is 1.31. The number of fused-ring (bicyclic) bond motifs is 3. The van der Waals surface area contributed by atoms with Crippen LogP contribution in [0.2, 0.25) is 0 Å². The number of esters is 3. The van der Waals surface area contributed by atoms with Crippen LogP contribution in [-0.4, -0.2) is 99.5 Å². The van der Waals surface area contributed by atoms with Gasteiger partial charge in [0.25, 0.3) is 0 Å². The van der Waals surface area contributed by atoms with Gasteiger partial charge in [-0.05, 0) is 44.0 Å². The number of phenols is 2. The highest BCUT2D eigenvalue weighted by molar-refractivity contribution is 6.31. The number of hydrogen-bond acceptors (Lipinski definition) is 17. The van der Waals surface area contributed by atoms with Gasteiger partial charge in [0.05, 0.1) is 47.7 Å². The molecule has 3 aromatic rings. The summed E-state index contributed by atoms with van der Waals surface area (Å²) < 4.78 is 33.5. The summed E-state index contributed by atoms with van der Waals surface area (Å²) in [5.41, 5.74) is 1.57. The molecule has 1 saturated heterocycles. The molecule has 326 valence electrons. The minimum absolute atomic E-state index is 0.0450. The lowest BCUT2D eigenvalue weighted by molar-refractivity contribution is -0.247. The third-order valence-corrected chi connectivity index (χ3v) is 11.1. The molecule has 0 radical (unpaired) electrons. The first-order valence-electron chi connectivity index (χ1n) is 20.1. The summed E-state index contributed by atoms with van der Waals surface area (Å²) in [6.45, 7) is 4.30. The third-order valence-electron chi connectivity index (χ3n) is 11.1. The van der Waals surface area contributed by atoms with Crippen molar-refractivity contribution in [3.8, 4) is 28.7 Å². The monoisotopic (exact) mass is 847 g/mol. The van der Waals surface area contributed by atoms with Crippen molar-refractivity contribution < 1.29 is 77.6 Å². The predicted molar refractivity (Wildman–Crippen MR) is 212 cm³/mol. The SMILES string of the molecule is CCCCC(=O)Oc1ccc(C(=O)OCC(=O)[C@]2(O)Cc3c(O)c4c(c(O)c3[C@@H](O[C@H]3C[C@H](N)[C@H](O)[C@H](C)O3)C2)C(=O)c2c(OC)cccc2C4=O)cc1OC(=O)CCCC. The van der Waals surface area contributed by atoms with E-state index in [2.05, 4.69) is 0 Å². The molecule has 0 aromatic heterocycles. The maximum atomic E-state index is 14.0. The largest absolute Gasteiger partial charge is 0.507 e. The van der Waals surface area contributed by atoms with E-state index in [9.17, 15) is 49.2 Å². The second kappa shape index (κ2) is 18.5. The Morgan fingerprint density at radius 1 is 0.885 bits per heavy atom. The van der Waals surface area contributed by atoms with Crippen molar-refractivity contribution in [3.05, 3.63) is 75.3 Å². The highest BCUT2D eigenvalue weighted by atomic mass is 16.7. The number of carbonyl (C=O) groups excluding carboxylic acids is 6. The van der Waals surface area contributed by atoms with Crippen molar-refractivity contribution in [1.29, 1.82) is 0 Å². The molecular weight excluding hydrogens is 798 g/mol. The second-order valence-electron chi connectivity index (χ2n) is 15.4. The maximum absolute atomic E-state index is 14.0. The highest BCUT2D eigenvalue weighted by Gasteiger charge is 2.50. The average Bonchev–Trinajstić information content (AvgIpc) is 3.23. The number of unbranched alkanes of at least 4 members (excludes halogenated alkanes) is 2. The van der Waals surface area contributed by atoms with E-state index in [4.69, 9.17) is 34.2 Å². The summed E-state index contributed by atoms with van der Waals surface area (Å²) in [4.78, 5) is 80.3. The standard InChI is InChI=1S/C44H49NO16/c1-5-7-12-31(47)59-26-15-14-22(16-28(26)60-32(48)13-8-6-2)43(54)57-20-30(46)44(55)18-24-35(29(19-44)61-33-17-25(45)38(49)21(3)58-33)42(53)37-36(40(24)51)39(50)23-10-9-11-27(56-4)34(23)41(37)52/h9-11,14-16,21,25,29,33,38,49,51,53,55H,5-8,12-13,17-20,45H2,1-4H3/t21-,25-,29-,33-,38+,44-/m0/s1. The van der Waals surface area contributed by atoms with Crippen LogP contribution in [0.15, 0.2) is 36.4 Å². The van der Waals surface area contributed by atoms with E-state index in [1.54, 1.807) is 6.92 Å². The molecule has 1 aliphatic heterocycles. The van der Waals surface area contributed by atoms with Gasteiger partial charge in [0.1, 0.15) is 22.8 Å². The first-order valence-corrected chi connectivity index (χ1v) is 20.1.